The molecule has 2 aromatic carbocycles. The first kappa shape index (κ1) is 21.2. The van der Waals surface area contributed by atoms with E-state index < -0.39 is 0 Å². The second kappa shape index (κ2) is 10.9. The quantitative estimate of drug-likeness (QED) is 0.331. The van der Waals surface area contributed by atoms with Crippen molar-refractivity contribution in [3.05, 3.63) is 48.0 Å². The first-order valence-corrected chi connectivity index (χ1v) is 9.06. The molecule has 0 radical (unpaired) electrons. The third-order valence-electron chi connectivity index (χ3n) is 4.11. The van der Waals surface area contributed by atoms with Crippen LogP contribution < -0.4 is 20.5 Å². The normalized spacial score (nSPS) is 10.4. The van der Waals surface area contributed by atoms with Gasteiger partial charge in [-0.2, -0.15) is 0 Å². The molecule has 0 aromatic heterocycles. The monoisotopic (exact) mass is 385 g/mol. The molecule has 4 N–H and O–H groups in total. The van der Waals surface area contributed by atoms with Crippen molar-refractivity contribution in [2.75, 3.05) is 27.4 Å². The van der Waals surface area contributed by atoms with Gasteiger partial charge >= 0.3 is 0 Å². The first-order valence-electron chi connectivity index (χ1n) is 9.06. The summed E-state index contributed by atoms with van der Waals surface area (Å²) in [6.07, 6.45) is 1.55. The van der Waals surface area contributed by atoms with Crippen LogP contribution in [0.1, 0.15) is 18.4 Å². The van der Waals surface area contributed by atoms with E-state index in [1.54, 1.807) is 14.2 Å². The van der Waals surface area contributed by atoms with Crippen LogP contribution in [0.5, 0.6) is 11.5 Å². The van der Waals surface area contributed by atoms with Gasteiger partial charge in [-0.1, -0.05) is 24.3 Å². The number of guanidine groups is 1. The summed E-state index contributed by atoms with van der Waals surface area (Å²) in [7, 11) is 3.30. The molecule has 0 aliphatic rings. The molecule has 0 saturated heterocycles. The Morgan fingerprint density at radius 3 is 2.50 bits per heavy atom. The Labute approximate surface area is 165 Å². The molecule has 0 atom stereocenters. The number of nitrogens with one attached hydrogen (secondary N) is 2. The van der Waals surface area contributed by atoms with Gasteiger partial charge in [-0.15, -0.1) is 0 Å². The summed E-state index contributed by atoms with van der Waals surface area (Å²) in [5, 5.41) is 9.40. The van der Waals surface area contributed by atoms with Crippen LogP contribution in [0.2, 0.25) is 0 Å². The smallest absolute Gasteiger partial charge is 0.226 e. The van der Waals surface area contributed by atoms with Crippen LogP contribution in [0.4, 0.5) is 0 Å². The molecule has 0 aliphatic carbocycles. The Morgan fingerprint density at radius 1 is 1.11 bits per heavy atom. The fourth-order valence-corrected chi connectivity index (χ4v) is 2.71. The molecule has 0 bridgehead atoms. The van der Waals surface area contributed by atoms with Gasteiger partial charge in [0.1, 0.15) is 11.5 Å². The van der Waals surface area contributed by atoms with Crippen LogP contribution >= 0.6 is 0 Å². The summed E-state index contributed by atoms with van der Waals surface area (Å²) < 4.78 is 16.3. The van der Waals surface area contributed by atoms with Crippen LogP contribution in [0, 0.1) is 5.41 Å². The number of amides is 1. The molecule has 0 spiro atoms. The zero-order chi connectivity index (χ0) is 20.4. The minimum Gasteiger partial charge on any atom is -0.497 e. The highest BCUT2D eigenvalue weighted by molar-refractivity contribution is 5.94. The number of hydrogen-bond donors (Lipinski definition) is 3. The number of benzene rings is 2. The Kier molecular flexibility index (Phi) is 8.30. The van der Waals surface area contributed by atoms with Crippen LogP contribution in [-0.2, 0) is 16.0 Å². The van der Waals surface area contributed by atoms with E-state index in [1.807, 2.05) is 42.5 Å². The van der Waals surface area contributed by atoms with E-state index in [2.05, 4.69) is 5.32 Å². The molecule has 0 saturated carbocycles. The van der Waals surface area contributed by atoms with Gasteiger partial charge in [0.15, 0.2) is 5.96 Å². The number of rotatable bonds is 10. The standard InChI is InChI=1S/C21H27N3O4/c1-26-12-3-13-28-19-14-15(5-11-20(25)24-21(22)23)4-10-18(19)16-6-8-17(27-2)9-7-16/h4,6-10,14H,3,5,11-13H2,1-2H3,(H4,22,23,24,25). The van der Waals surface area contributed by atoms with Crippen LogP contribution in [0.15, 0.2) is 42.5 Å². The predicted octanol–water partition coefficient (Wildman–Crippen LogP) is 2.72. The topological polar surface area (TPSA) is 107 Å². The zero-order valence-electron chi connectivity index (χ0n) is 16.3. The van der Waals surface area contributed by atoms with E-state index in [9.17, 15) is 4.79 Å². The average Bonchev–Trinajstić information content (AvgIpc) is 2.69. The van der Waals surface area contributed by atoms with Gasteiger partial charge in [-0.25, -0.2) is 0 Å². The Morgan fingerprint density at radius 2 is 1.86 bits per heavy atom. The largest absolute Gasteiger partial charge is 0.497 e. The van der Waals surface area contributed by atoms with Gasteiger partial charge in [0.25, 0.3) is 0 Å². The zero-order valence-corrected chi connectivity index (χ0v) is 16.3. The third-order valence-corrected chi connectivity index (χ3v) is 4.11. The molecular weight excluding hydrogens is 358 g/mol. The van der Waals surface area contributed by atoms with E-state index in [4.69, 9.17) is 25.4 Å². The molecule has 0 heterocycles. The maximum absolute atomic E-state index is 11.7. The van der Waals surface area contributed by atoms with Gasteiger partial charge in [-0.05, 0) is 35.7 Å². The lowest BCUT2D eigenvalue weighted by Crippen LogP contribution is -2.35. The fraction of sp³-hybridized carbons (Fsp3) is 0.333. The lowest BCUT2D eigenvalue weighted by atomic mass is 10.0. The minimum absolute atomic E-state index is 0.241. The lowest BCUT2D eigenvalue weighted by molar-refractivity contribution is -0.119. The Hall–Kier alpha value is -3.06. The van der Waals surface area contributed by atoms with Gasteiger partial charge in [0.05, 0.1) is 13.7 Å². The average molecular weight is 385 g/mol. The van der Waals surface area contributed by atoms with Gasteiger partial charge in [0, 0.05) is 32.1 Å². The molecule has 0 unspecified atom stereocenters. The summed E-state index contributed by atoms with van der Waals surface area (Å²) in [4.78, 5) is 11.7. The molecule has 0 fully saturated rings. The highest BCUT2D eigenvalue weighted by Gasteiger charge is 2.10. The number of carbonyl (C=O) groups excluding carboxylic acids is 1. The number of aryl methyl sites for hydroxylation is 1. The Balaban J connectivity index is 2.17. The van der Waals surface area contributed by atoms with Crippen LogP contribution in [0.25, 0.3) is 11.1 Å². The summed E-state index contributed by atoms with van der Waals surface area (Å²) in [6.45, 7) is 1.16. The van der Waals surface area contributed by atoms with Crippen molar-refractivity contribution >= 4 is 11.9 Å². The van der Waals surface area contributed by atoms with Crippen molar-refractivity contribution in [3.8, 4) is 22.6 Å². The molecule has 2 rings (SSSR count). The maximum atomic E-state index is 11.7. The number of ether oxygens (including phenoxy) is 3. The second-order valence-electron chi connectivity index (χ2n) is 6.22. The number of nitrogens with two attached hydrogens (primary N) is 1. The van der Waals surface area contributed by atoms with E-state index in [1.165, 1.54) is 0 Å². The summed E-state index contributed by atoms with van der Waals surface area (Å²) >= 11 is 0. The van der Waals surface area contributed by atoms with Crippen molar-refractivity contribution in [2.45, 2.75) is 19.3 Å². The molecule has 150 valence electrons. The van der Waals surface area contributed by atoms with Gasteiger partial charge in [0.2, 0.25) is 5.91 Å². The SMILES string of the molecule is COCCCOc1cc(CCC(=O)NC(=N)N)ccc1-c1ccc(OC)cc1. The summed E-state index contributed by atoms with van der Waals surface area (Å²) in [6, 6.07) is 13.7. The van der Waals surface area contributed by atoms with E-state index in [0.29, 0.717) is 19.6 Å². The molecule has 28 heavy (non-hydrogen) atoms. The van der Waals surface area contributed by atoms with Crippen molar-refractivity contribution < 1.29 is 19.0 Å². The molecule has 7 heteroatoms. The Bertz CT molecular complexity index is 791. The second-order valence-corrected chi connectivity index (χ2v) is 6.22. The molecule has 0 aliphatic heterocycles. The maximum Gasteiger partial charge on any atom is 0.226 e. The summed E-state index contributed by atoms with van der Waals surface area (Å²) in [5.74, 6) is 0.918. The van der Waals surface area contributed by atoms with E-state index in [0.717, 1.165) is 34.6 Å². The minimum atomic E-state index is -0.345. The summed E-state index contributed by atoms with van der Waals surface area (Å²) in [5.41, 5.74) is 8.14. The van der Waals surface area contributed by atoms with Crippen molar-refractivity contribution in [2.24, 2.45) is 5.73 Å². The lowest BCUT2D eigenvalue weighted by Gasteiger charge is -2.14. The number of hydrogen-bond acceptors (Lipinski definition) is 5. The highest BCUT2D eigenvalue weighted by atomic mass is 16.5. The van der Waals surface area contributed by atoms with E-state index >= 15 is 0 Å². The molecular formula is C21H27N3O4. The number of methoxy groups -OCH3 is 2. The van der Waals surface area contributed by atoms with Crippen LogP contribution in [0.3, 0.4) is 0 Å². The van der Waals surface area contributed by atoms with Gasteiger partial charge in [-0.3, -0.25) is 15.5 Å². The van der Waals surface area contributed by atoms with Crippen LogP contribution in [-0.4, -0.2) is 39.3 Å². The molecule has 1 amide bonds. The molecule has 7 nitrogen and oxygen atoms in total. The highest BCUT2D eigenvalue weighted by Crippen LogP contribution is 2.32. The first-order chi connectivity index (χ1) is 13.5. The predicted molar refractivity (Wildman–Crippen MR) is 109 cm³/mol. The van der Waals surface area contributed by atoms with Crippen molar-refractivity contribution in [3.63, 3.8) is 0 Å². The van der Waals surface area contributed by atoms with Crippen molar-refractivity contribution in [1.29, 1.82) is 5.41 Å². The van der Waals surface area contributed by atoms with E-state index in [-0.39, 0.29) is 18.3 Å². The fourth-order valence-electron chi connectivity index (χ4n) is 2.71. The number of carbonyl (C=O) groups is 1. The molecule has 2 aromatic rings. The third kappa shape index (κ3) is 6.59. The van der Waals surface area contributed by atoms with Gasteiger partial charge < -0.3 is 19.9 Å². The van der Waals surface area contributed by atoms with Crippen molar-refractivity contribution in [1.82, 2.24) is 5.32 Å².